The largest absolute Gasteiger partial charge is 0.379 e. The third kappa shape index (κ3) is 5.33. The van der Waals surface area contributed by atoms with E-state index in [4.69, 9.17) is 16.3 Å². The molecule has 138 valence electrons. The summed E-state index contributed by atoms with van der Waals surface area (Å²) in [7, 11) is 0. The molecule has 1 aromatic carbocycles. The minimum absolute atomic E-state index is 0.0499. The number of hydrogen-bond acceptors (Lipinski definition) is 3. The van der Waals surface area contributed by atoms with E-state index in [2.05, 4.69) is 16.3 Å². The second kappa shape index (κ2) is 9.41. The van der Waals surface area contributed by atoms with E-state index in [1.165, 1.54) is 0 Å². The number of halogens is 1. The Hall–Kier alpha value is -1.30. The van der Waals surface area contributed by atoms with Crippen LogP contribution in [-0.2, 0) is 4.74 Å². The first-order valence-corrected chi connectivity index (χ1v) is 9.72. The van der Waals surface area contributed by atoms with Gasteiger partial charge >= 0.3 is 6.03 Å². The fourth-order valence-corrected chi connectivity index (χ4v) is 3.85. The molecule has 0 bridgehead atoms. The lowest BCUT2D eigenvalue weighted by Crippen LogP contribution is -2.40. The number of nitrogens with zero attached hydrogens (tertiary/aromatic N) is 2. The number of nitrogens with one attached hydrogen (secondary N) is 1. The topological polar surface area (TPSA) is 44.8 Å². The normalized spacial score (nSPS) is 21.5. The van der Waals surface area contributed by atoms with Gasteiger partial charge in [-0.2, -0.15) is 0 Å². The van der Waals surface area contributed by atoms with Crippen molar-refractivity contribution in [2.75, 3.05) is 45.9 Å². The van der Waals surface area contributed by atoms with Crippen LogP contribution in [0.3, 0.4) is 0 Å². The zero-order valence-corrected chi connectivity index (χ0v) is 15.5. The lowest BCUT2D eigenvalue weighted by molar-refractivity contribution is 0.0372. The highest BCUT2D eigenvalue weighted by Gasteiger charge is 2.29. The summed E-state index contributed by atoms with van der Waals surface area (Å²) in [6.07, 6.45) is 4.17. The molecule has 0 aromatic heterocycles. The number of amides is 2. The van der Waals surface area contributed by atoms with E-state index in [-0.39, 0.29) is 12.1 Å². The molecule has 1 atom stereocenters. The van der Waals surface area contributed by atoms with Crippen LogP contribution in [0.2, 0.25) is 5.02 Å². The number of benzene rings is 1. The van der Waals surface area contributed by atoms with Gasteiger partial charge in [-0.1, -0.05) is 23.7 Å². The van der Waals surface area contributed by atoms with E-state index < -0.39 is 0 Å². The summed E-state index contributed by atoms with van der Waals surface area (Å²) in [5, 5.41) is 3.82. The second-order valence-electron chi connectivity index (χ2n) is 6.80. The van der Waals surface area contributed by atoms with E-state index in [9.17, 15) is 4.79 Å². The van der Waals surface area contributed by atoms with Gasteiger partial charge in [-0.25, -0.2) is 4.79 Å². The Labute approximate surface area is 155 Å². The summed E-state index contributed by atoms with van der Waals surface area (Å²) < 4.78 is 5.36. The van der Waals surface area contributed by atoms with Crippen LogP contribution in [0.15, 0.2) is 24.3 Å². The Morgan fingerprint density at radius 3 is 2.88 bits per heavy atom. The lowest BCUT2D eigenvalue weighted by atomic mass is 10.1. The molecule has 25 heavy (non-hydrogen) atoms. The molecule has 2 heterocycles. The average molecular weight is 366 g/mol. The van der Waals surface area contributed by atoms with Crippen molar-refractivity contribution in [3.8, 4) is 0 Å². The summed E-state index contributed by atoms with van der Waals surface area (Å²) in [5.74, 6) is 0. The fraction of sp³-hybridized carbons (Fsp3) is 0.632. The van der Waals surface area contributed by atoms with Gasteiger partial charge in [0.15, 0.2) is 0 Å². The average Bonchev–Trinajstić information content (AvgIpc) is 3.12. The molecule has 6 heteroatoms. The molecule has 3 rings (SSSR count). The predicted octanol–water partition coefficient (Wildman–Crippen LogP) is 3.30. The molecule has 0 spiro atoms. The van der Waals surface area contributed by atoms with Crippen LogP contribution >= 0.6 is 11.6 Å². The van der Waals surface area contributed by atoms with E-state index >= 15 is 0 Å². The smallest absolute Gasteiger partial charge is 0.317 e. The number of urea groups is 1. The Bertz CT molecular complexity index is 563. The van der Waals surface area contributed by atoms with Crippen LogP contribution in [-0.4, -0.2) is 61.8 Å². The van der Waals surface area contributed by atoms with Crippen molar-refractivity contribution >= 4 is 17.6 Å². The number of carbonyl (C=O) groups excluding carboxylic acids is 1. The van der Waals surface area contributed by atoms with Crippen LogP contribution in [0.25, 0.3) is 0 Å². The van der Waals surface area contributed by atoms with Gasteiger partial charge < -0.3 is 15.0 Å². The number of rotatable bonds is 6. The summed E-state index contributed by atoms with van der Waals surface area (Å²) in [6.45, 7) is 6.39. The van der Waals surface area contributed by atoms with Crippen LogP contribution in [0.5, 0.6) is 0 Å². The maximum atomic E-state index is 12.5. The van der Waals surface area contributed by atoms with Crippen LogP contribution in [0.4, 0.5) is 4.79 Å². The maximum absolute atomic E-state index is 12.5. The third-order valence-corrected chi connectivity index (χ3v) is 5.26. The standard InChI is InChI=1S/C19H28ClN3O2/c20-17-6-3-5-16(15-17)18-7-4-10-23(18)19(24)21-8-1-2-9-22-11-13-25-14-12-22/h3,5-6,15,18H,1-2,4,7-14H2,(H,21,24). The Kier molecular flexibility index (Phi) is 6.96. The van der Waals surface area contributed by atoms with Crippen molar-refractivity contribution in [1.82, 2.24) is 15.1 Å². The highest BCUT2D eigenvalue weighted by atomic mass is 35.5. The first-order chi connectivity index (χ1) is 12.2. The molecule has 2 saturated heterocycles. The van der Waals surface area contributed by atoms with Crippen LogP contribution in [0, 0.1) is 0 Å². The van der Waals surface area contributed by atoms with Gasteiger partial charge in [0.05, 0.1) is 19.3 Å². The second-order valence-corrected chi connectivity index (χ2v) is 7.24. The van der Waals surface area contributed by atoms with Crippen LogP contribution in [0.1, 0.15) is 37.3 Å². The van der Waals surface area contributed by atoms with Gasteiger partial charge in [0.25, 0.3) is 0 Å². The Morgan fingerprint density at radius 1 is 1.24 bits per heavy atom. The van der Waals surface area contributed by atoms with E-state index in [0.717, 1.165) is 82.2 Å². The van der Waals surface area contributed by atoms with Crippen LogP contribution < -0.4 is 5.32 Å². The summed E-state index contributed by atoms with van der Waals surface area (Å²) in [4.78, 5) is 16.9. The first-order valence-electron chi connectivity index (χ1n) is 9.34. The molecular formula is C19H28ClN3O2. The molecule has 2 aliphatic rings. The zero-order valence-electron chi connectivity index (χ0n) is 14.8. The monoisotopic (exact) mass is 365 g/mol. The Balaban J connectivity index is 1.39. The molecule has 2 fully saturated rings. The molecule has 2 amide bonds. The number of hydrogen-bond donors (Lipinski definition) is 1. The van der Waals surface area contributed by atoms with Crippen molar-refractivity contribution in [2.45, 2.75) is 31.7 Å². The summed E-state index contributed by atoms with van der Waals surface area (Å²) in [6, 6.07) is 8.06. The molecule has 1 unspecified atom stereocenters. The number of unbranched alkanes of at least 4 members (excludes halogenated alkanes) is 1. The van der Waals surface area contributed by atoms with Gasteiger partial charge in [-0.3, -0.25) is 4.90 Å². The van der Waals surface area contributed by atoms with E-state index in [0.29, 0.717) is 0 Å². The number of likely N-dealkylation sites (tertiary alicyclic amines) is 1. The van der Waals surface area contributed by atoms with Gasteiger partial charge in [-0.15, -0.1) is 0 Å². The van der Waals surface area contributed by atoms with Crippen molar-refractivity contribution < 1.29 is 9.53 Å². The first kappa shape index (κ1) is 18.5. The SMILES string of the molecule is O=C(NCCCCN1CCOCC1)N1CCCC1c1cccc(Cl)c1. The summed E-state index contributed by atoms with van der Waals surface area (Å²) in [5.41, 5.74) is 1.13. The van der Waals surface area contributed by atoms with Crippen molar-refractivity contribution in [2.24, 2.45) is 0 Å². The molecule has 1 aromatic rings. The van der Waals surface area contributed by atoms with E-state index in [1.54, 1.807) is 0 Å². The summed E-state index contributed by atoms with van der Waals surface area (Å²) >= 11 is 6.10. The number of morpholine rings is 1. The third-order valence-electron chi connectivity index (χ3n) is 5.03. The molecule has 5 nitrogen and oxygen atoms in total. The van der Waals surface area contributed by atoms with Crippen molar-refractivity contribution in [1.29, 1.82) is 0 Å². The van der Waals surface area contributed by atoms with Gasteiger partial charge in [0.2, 0.25) is 0 Å². The Morgan fingerprint density at radius 2 is 2.08 bits per heavy atom. The van der Waals surface area contributed by atoms with Gasteiger partial charge in [-0.05, 0) is 49.9 Å². The van der Waals surface area contributed by atoms with Gasteiger partial charge in [0, 0.05) is 31.2 Å². The maximum Gasteiger partial charge on any atom is 0.317 e. The quantitative estimate of drug-likeness (QED) is 0.787. The molecular weight excluding hydrogens is 338 g/mol. The minimum Gasteiger partial charge on any atom is -0.379 e. The molecule has 0 radical (unpaired) electrons. The minimum atomic E-state index is 0.0499. The van der Waals surface area contributed by atoms with E-state index in [1.807, 2.05) is 23.1 Å². The highest BCUT2D eigenvalue weighted by molar-refractivity contribution is 6.30. The molecule has 1 N–H and O–H groups in total. The molecule has 0 saturated carbocycles. The number of ether oxygens (including phenoxy) is 1. The molecule has 2 aliphatic heterocycles. The fourth-order valence-electron chi connectivity index (χ4n) is 3.65. The highest BCUT2D eigenvalue weighted by Crippen LogP contribution is 2.32. The zero-order chi connectivity index (χ0) is 17.5. The predicted molar refractivity (Wildman–Crippen MR) is 100 cm³/mol. The van der Waals surface area contributed by atoms with Gasteiger partial charge in [0.1, 0.15) is 0 Å². The van der Waals surface area contributed by atoms with Crippen molar-refractivity contribution in [3.05, 3.63) is 34.9 Å². The lowest BCUT2D eigenvalue weighted by Gasteiger charge is -2.27. The number of carbonyl (C=O) groups is 1. The molecule has 0 aliphatic carbocycles. The van der Waals surface area contributed by atoms with Crippen molar-refractivity contribution in [3.63, 3.8) is 0 Å².